The Hall–Kier alpha value is -2.87. The first-order chi connectivity index (χ1) is 15.8. The van der Waals surface area contributed by atoms with Crippen molar-refractivity contribution in [2.75, 3.05) is 17.1 Å². The lowest BCUT2D eigenvalue weighted by molar-refractivity contribution is -0.140. The lowest BCUT2D eigenvalue weighted by Gasteiger charge is -2.34. The summed E-state index contributed by atoms with van der Waals surface area (Å²) in [5.41, 5.74) is 3.96. The molecule has 0 spiro atoms. The first-order valence-corrected chi connectivity index (χ1v) is 13.4. The van der Waals surface area contributed by atoms with Gasteiger partial charge in [-0.15, -0.1) is 0 Å². The van der Waals surface area contributed by atoms with Crippen LogP contribution in [0.1, 0.15) is 49.4 Å². The number of sulfonamides is 1. The Kier molecular flexibility index (Phi) is 9.27. The lowest BCUT2D eigenvalue weighted by Crippen LogP contribution is -2.53. The zero-order valence-electron chi connectivity index (χ0n) is 21.3. The third-order valence-electron chi connectivity index (χ3n) is 5.66. The van der Waals surface area contributed by atoms with E-state index in [0.717, 1.165) is 32.8 Å². The largest absolute Gasteiger partial charge is 0.352 e. The van der Waals surface area contributed by atoms with Crippen molar-refractivity contribution in [2.24, 2.45) is 0 Å². The van der Waals surface area contributed by atoms with Gasteiger partial charge in [-0.1, -0.05) is 55.0 Å². The van der Waals surface area contributed by atoms with Gasteiger partial charge in [0.15, 0.2) is 0 Å². The van der Waals surface area contributed by atoms with Gasteiger partial charge in [0.05, 0.1) is 11.9 Å². The maximum atomic E-state index is 13.7. The summed E-state index contributed by atoms with van der Waals surface area (Å²) in [5, 5.41) is 2.89. The van der Waals surface area contributed by atoms with Crippen molar-refractivity contribution < 1.29 is 18.0 Å². The van der Waals surface area contributed by atoms with Gasteiger partial charge in [0.2, 0.25) is 21.8 Å². The molecule has 0 saturated heterocycles. The molecule has 0 aliphatic rings. The Morgan fingerprint density at radius 3 is 2.00 bits per heavy atom. The SMILES string of the molecule is CCC(C(=O)NC(C)C)N(Cc1ccc(C)cc1)C(=O)CN(c1c(C)cccc1C)S(C)(=O)=O. The quantitative estimate of drug-likeness (QED) is 0.554. The maximum Gasteiger partial charge on any atom is 0.244 e. The van der Waals surface area contributed by atoms with Crippen LogP contribution in [0.3, 0.4) is 0 Å². The maximum absolute atomic E-state index is 13.7. The summed E-state index contributed by atoms with van der Waals surface area (Å²) in [7, 11) is -3.76. The molecule has 8 heteroatoms. The van der Waals surface area contributed by atoms with Crippen molar-refractivity contribution in [2.45, 2.75) is 66.6 Å². The first kappa shape index (κ1) is 27.4. The zero-order chi connectivity index (χ0) is 25.6. The number of carbonyl (C=O) groups is 2. The number of anilines is 1. The van der Waals surface area contributed by atoms with Crippen molar-refractivity contribution in [1.82, 2.24) is 10.2 Å². The van der Waals surface area contributed by atoms with Gasteiger partial charge in [-0.05, 0) is 57.7 Å². The lowest BCUT2D eigenvalue weighted by atomic mass is 10.1. The second kappa shape index (κ2) is 11.5. The van der Waals surface area contributed by atoms with E-state index < -0.39 is 22.0 Å². The highest BCUT2D eigenvalue weighted by Gasteiger charge is 2.32. The number of carbonyl (C=O) groups excluding carboxylic acids is 2. The van der Waals surface area contributed by atoms with Crippen molar-refractivity contribution in [3.8, 4) is 0 Å². The molecule has 0 bridgehead atoms. The molecule has 1 unspecified atom stereocenters. The highest BCUT2D eigenvalue weighted by molar-refractivity contribution is 7.92. The van der Waals surface area contributed by atoms with E-state index in [4.69, 9.17) is 0 Å². The standard InChI is InChI=1S/C26H37N3O4S/c1-8-23(26(31)27-18(2)3)28(16-22-14-12-19(4)13-15-22)24(30)17-29(34(7,32)33)25-20(5)10-9-11-21(25)6/h9-15,18,23H,8,16-17H2,1-7H3,(H,27,31). The van der Waals surface area contributed by atoms with E-state index in [9.17, 15) is 18.0 Å². The zero-order valence-corrected chi connectivity index (χ0v) is 22.1. The Morgan fingerprint density at radius 2 is 1.53 bits per heavy atom. The van der Waals surface area contributed by atoms with Gasteiger partial charge < -0.3 is 10.2 Å². The van der Waals surface area contributed by atoms with E-state index in [-0.39, 0.29) is 25.0 Å². The van der Waals surface area contributed by atoms with Gasteiger partial charge in [-0.2, -0.15) is 0 Å². The molecule has 0 radical (unpaired) electrons. The summed E-state index contributed by atoms with van der Waals surface area (Å²) in [6.07, 6.45) is 1.50. The van der Waals surface area contributed by atoms with Gasteiger partial charge >= 0.3 is 0 Å². The van der Waals surface area contributed by atoms with Gasteiger partial charge in [-0.3, -0.25) is 13.9 Å². The fourth-order valence-electron chi connectivity index (χ4n) is 3.97. The summed E-state index contributed by atoms with van der Waals surface area (Å²) in [6.45, 7) is 11.0. The fraction of sp³-hybridized carbons (Fsp3) is 0.462. The minimum absolute atomic E-state index is 0.0833. The number of nitrogens with one attached hydrogen (secondary N) is 1. The number of nitrogens with zero attached hydrogens (tertiary/aromatic N) is 2. The minimum atomic E-state index is -3.76. The van der Waals surface area contributed by atoms with Crippen LogP contribution in [0.25, 0.3) is 0 Å². The summed E-state index contributed by atoms with van der Waals surface area (Å²) in [4.78, 5) is 28.2. The molecule has 1 N–H and O–H groups in total. The number of hydrogen-bond donors (Lipinski definition) is 1. The number of amides is 2. The van der Waals surface area contributed by atoms with Crippen LogP contribution in [0.2, 0.25) is 0 Å². The molecule has 2 aromatic rings. The van der Waals surface area contributed by atoms with Crippen LogP contribution in [0.5, 0.6) is 0 Å². The molecule has 1 atom stereocenters. The molecule has 186 valence electrons. The smallest absolute Gasteiger partial charge is 0.244 e. The molecule has 2 aromatic carbocycles. The molecule has 0 aliphatic heterocycles. The molecule has 7 nitrogen and oxygen atoms in total. The van der Waals surface area contributed by atoms with Crippen LogP contribution in [0.4, 0.5) is 5.69 Å². The molecule has 2 amide bonds. The Morgan fingerprint density at radius 1 is 0.971 bits per heavy atom. The first-order valence-electron chi connectivity index (χ1n) is 11.5. The Labute approximate surface area is 204 Å². The third kappa shape index (κ3) is 7.06. The van der Waals surface area contributed by atoms with E-state index in [1.807, 2.05) is 84.0 Å². The van der Waals surface area contributed by atoms with Crippen molar-refractivity contribution >= 4 is 27.5 Å². The topological polar surface area (TPSA) is 86.8 Å². The Balaban J connectivity index is 2.49. The molecular weight excluding hydrogens is 450 g/mol. The van der Waals surface area contributed by atoms with E-state index in [1.54, 1.807) is 0 Å². The second-order valence-corrected chi connectivity index (χ2v) is 11.0. The van der Waals surface area contributed by atoms with Crippen LogP contribution in [0.15, 0.2) is 42.5 Å². The second-order valence-electron chi connectivity index (χ2n) is 9.10. The minimum Gasteiger partial charge on any atom is -0.352 e. The summed E-state index contributed by atoms with van der Waals surface area (Å²) in [5.74, 6) is -0.685. The molecule has 0 aliphatic carbocycles. The normalized spacial score (nSPS) is 12.4. The number of hydrogen-bond acceptors (Lipinski definition) is 4. The molecule has 2 rings (SSSR count). The van der Waals surface area contributed by atoms with Crippen LogP contribution >= 0.6 is 0 Å². The predicted molar refractivity (Wildman–Crippen MR) is 137 cm³/mol. The van der Waals surface area contributed by atoms with Gasteiger partial charge in [0.25, 0.3) is 0 Å². The van der Waals surface area contributed by atoms with Crippen LogP contribution in [-0.4, -0.2) is 50.0 Å². The third-order valence-corrected chi connectivity index (χ3v) is 6.77. The highest BCUT2D eigenvalue weighted by atomic mass is 32.2. The van der Waals surface area contributed by atoms with Crippen LogP contribution < -0.4 is 9.62 Å². The van der Waals surface area contributed by atoms with E-state index in [2.05, 4.69) is 5.32 Å². The van der Waals surface area contributed by atoms with Crippen molar-refractivity contribution in [1.29, 1.82) is 0 Å². The average Bonchev–Trinajstić information content (AvgIpc) is 2.72. The fourth-order valence-corrected chi connectivity index (χ4v) is 4.93. The monoisotopic (exact) mass is 487 g/mol. The summed E-state index contributed by atoms with van der Waals surface area (Å²) < 4.78 is 26.7. The predicted octanol–water partition coefficient (Wildman–Crippen LogP) is 3.71. The van der Waals surface area contributed by atoms with Crippen LogP contribution in [-0.2, 0) is 26.2 Å². The van der Waals surface area contributed by atoms with Crippen molar-refractivity contribution in [3.63, 3.8) is 0 Å². The summed E-state index contributed by atoms with van der Waals surface area (Å²) >= 11 is 0. The van der Waals surface area contributed by atoms with E-state index >= 15 is 0 Å². The molecule has 0 saturated carbocycles. The van der Waals surface area contributed by atoms with Crippen molar-refractivity contribution in [3.05, 3.63) is 64.7 Å². The number of aryl methyl sites for hydroxylation is 3. The molecular formula is C26H37N3O4S. The van der Waals surface area contributed by atoms with Gasteiger partial charge in [0, 0.05) is 12.6 Å². The van der Waals surface area contributed by atoms with Crippen LogP contribution in [0, 0.1) is 20.8 Å². The number of rotatable bonds is 10. The Bertz CT molecular complexity index is 1090. The molecule has 34 heavy (non-hydrogen) atoms. The molecule has 0 aromatic heterocycles. The molecule has 0 fully saturated rings. The van der Waals surface area contributed by atoms with E-state index in [0.29, 0.717) is 12.1 Å². The molecule has 0 heterocycles. The number of benzene rings is 2. The number of para-hydroxylation sites is 1. The average molecular weight is 488 g/mol. The van der Waals surface area contributed by atoms with E-state index in [1.165, 1.54) is 4.90 Å². The van der Waals surface area contributed by atoms with Gasteiger partial charge in [0.1, 0.15) is 12.6 Å². The summed E-state index contributed by atoms with van der Waals surface area (Å²) in [6, 6.07) is 12.4. The van der Waals surface area contributed by atoms with Gasteiger partial charge in [-0.25, -0.2) is 8.42 Å². The highest BCUT2D eigenvalue weighted by Crippen LogP contribution is 2.27.